The summed E-state index contributed by atoms with van der Waals surface area (Å²) in [6.45, 7) is 6.02. The lowest BCUT2D eigenvalue weighted by Crippen LogP contribution is -2.38. The van der Waals surface area contributed by atoms with Crippen LogP contribution in [0.2, 0.25) is 0 Å². The highest BCUT2D eigenvalue weighted by atomic mass is 16.5. The van der Waals surface area contributed by atoms with E-state index in [2.05, 4.69) is 5.32 Å². The molecule has 0 aliphatic heterocycles. The minimum Gasteiger partial charge on any atom is -0.497 e. The Morgan fingerprint density at radius 3 is 2.50 bits per heavy atom. The van der Waals surface area contributed by atoms with E-state index in [-0.39, 0.29) is 18.4 Å². The monoisotopic (exact) mass is 354 g/mol. The molecule has 0 aliphatic carbocycles. The number of carbonyl (C=O) groups is 2. The summed E-state index contributed by atoms with van der Waals surface area (Å²) in [4.78, 5) is 25.8. The number of benzene rings is 2. The van der Waals surface area contributed by atoms with E-state index < -0.39 is 0 Å². The SMILES string of the molecule is COc1cccc(CCN(CC(=O)Nc2ccc(C)c(C)c2)C(C)=O)c1. The fourth-order valence-electron chi connectivity index (χ4n) is 2.63. The Hall–Kier alpha value is -2.82. The van der Waals surface area contributed by atoms with Gasteiger partial charge in [0.25, 0.3) is 0 Å². The van der Waals surface area contributed by atoms with Gasteiger partial charge in [-0.3, -0.25) is 9.59 Å². The number of aryl methyl sites for hydroxylation is 2. The second kappa shape index (κ2) is 9.04. The van der Waals surface area contributed by atoms with Gasteiger partial charge in [-0.05, 0) is 61.2 Å². The Labute approximate surface area is 155 Å². The molecule has 5 heteroatoms. The second-order valence-corrected chi connectivity index (χ2v) is 6.39. The largest absolute Gasteiger partial charge is 0.497 e. The van der Waals surface area contributed by atoms with E-state index in [4.69, 9.17) is 4.74 Å². The number of carbonyl (C=O) groups excluding carboxylic acids is 2. The van der Waals surface area contributed by atoms with Crippen LogP contribution in [0.25, 0.3) is 0 Å². The molecule has 0 aromatic heterocycles. The predicted molar refractivity (Wildman–Crippen MR) is 103 cm³/mol. The molecule has 0 unspecified atom stereocenters. The summed E-state index contributed by atoms with van der Waals surface area (Å²) >= 11 is 0. The highest BCUT2D eigenvalue weighted by Gasteiger charge is 2.14. The smallest absolute Gasteiger partial charge is 0.243 e. The van der Waals surface area contributed by atoms with Crippen molar-refractivity contribution in [1.82, 2.24) is 4.90 Å². The molecule has 26 heavy (non-hydrogen) atoms. The molecule has 5 nitrogen and oxygen atoms in total. The molecule has 0 radical (unpaired) electrons. The van der Waals surface area contributed by atoms with Gasteiger partial charge < -0.3 is 15.0 Å². The summed E-state index contributed by atoms with van der Waals surface area (Å²) in [5, 5.41) is 2.86. The van der Waals surface area contributed by atoms with Crippen LogP contribution in [-0.4, -0.2) is 36.9 Å². The van der Waals surface area contributed by atoms with E-state index in [1.54, 1.807) is 12.0 Å². The molecule has 1 N–H and O–H groups in total. The van der Waals surface area contributed by atoms with Crippen LogP contribution in [0.3, 0.4) is 0 Å². The minimum atomic E-state index is -0.200. The Balaban J connectivity index is 1.95. The van der Waals surface area contributed by atoms with Crippen LogP contribution in [0.1, 0.15) is 23.6 Å². The van der Waals surface area contributed by atoms with Crippen molar-refractivity contribution in [2.45, 2.75) is 27.2 Å². The van der Waals surface area contributed by atoms with Gasteiger partial charge in [-0.25, -0.2) is 0 Å². The lowest BCUT2D eigenvalue weighted by molar-refractivity contribution is -0.132. The van der Waals surface area contributed by atoms with Crippen LogP contribution >= 0.6 is 0 Å². The van der Waals surface area contributed by atoms with Crippen LogP contribution < -0.4 is 10.1 Å². The van der Waals surface area contributed by atoms with Crippen LogP contribution in [0.4, 0.5) is 5.69 Å². The second-order valence-electron chi connectivity index (χ2n) is 6.39. The maximum Gasteiger partial charge on any atom is 0.243 e. The van der Waals surface area contributed by atoms with Gasteiger partial charge in [0.2, 0.25) is 11.8 Å². The fraction of sp³-hybridized carbons (Fsp3) is 0.333. The molecule has 2 amide bonds. The molecular weight excluding hydrogens is 328 g/mol. The zero-order valence-corrected chi connectivity index (χ0v) is 15.8. The summed E-state index contributed by atoms with van der Waals surface area (Å²) in [6.07, 6.45) is 0.660. The number of methoxy groups -OCH3 is 1. The van der Waals surface area contributed by atoms with Crippen LogP contribution in [-0.2, 0) is 16.0 Å². The van der Waals surface area contributed by atoms with Gasteiger partial charge in [0.15, 0.2) is 0 Å². The average Bonchev–Trinajstić information content (AvgIpc) is 2.61. The minimum absolute atomic E-state index is 0.0340. The summed E-state index contributed by atoms with van der Waals surface area (Å²) in [6, 6.07) is 13.5. The first-order valence-electron chi connectivity index (χ1n) is 8.64. The summed E-state index contributed by atoms with van der Waals surface area (Å²) in [7, 11) is 1.62. The van der Waals surface area contributed by atoms with Crippen molar-refractivity contribution in [2.75, 3.05) is 25.5 Å². The molecule has 0 atom stereocenters. The summed E-state index contributed by atoms with van der Waals surface area (Å²) < 4.78 is 5.21. The molecule has 138 valence electrons. The molecule has 0 aliphatic rings. The number of nitrogens with zero attached hydrogens (tertiary/aromatic N) is 1. The molecule has 2 aromatic carbocycles. The van der Waals surface area contributed by atoms with Gasteiger partial charge in [0.1, 0.15) is 5.75 Å². The highest BCUT2D eigenvalue weighted by Crippen LogP contribution is 2.15. The number of rotatable bonds is 7. The van der Waals surface area contributed by atoms with Crippen molar-refractivity contribution in [2.24, 2.45) is 0 Å². The third-order valence-electron chi connectivity index (χ3n) is 4.38. The number of amides is 2. The normalized spacial score (nSPS) is 10.3. The molecule has 2 rings (SSSR count). The van der Waals surface area contributed by atoms with E-state index in [0.29, 0.717) is 13.0 Å². The van der Waals surface area contributed by atoms with Gasteiger partial charge >= 0.3 is 0 Å². The first-order valence-corrected chi connectivity index (χ1v) is 8.64. The third-order valence-corrected chi connectivity index (χ3v) is 4.38. The molecule has 0 fully saturated rings. The number of hydrogen-bond donors (Lipinski definition) is 1. The van der Waals surface area contributed by atoms with Crippen molar-refractivity contribution in [3.8, 4) is 5.75 Å². The fourth-order valence-corrected chi connectivity index (χ4v) is 2.63. The topological polar surface area (TPSA) is 58.6 Å². The molecule has 0 saturated carbocycles. The Morgan fingerprint density at radius 1 is 1.08 bits per heavy atom. The zero-order valence-electron chi connectivity index (χ0n) is 15.8. The van der Waals surface area contributed by atoms with Crippen molar-refractivity contribution in [1.29, 1.82) is 0 Å². The van der Waals surface area contributed by atoms with Crippen molar-refractivity contribution >= 4 is 17.5 Å². The zero-order chi connectivity index (χ0) is 19.1. The first-order chi connectivity index (χ1) is 12.4. The highest BCUT2D eigenvalue weighted by molar-refractivity contribution is 5.94. The first kappa shape index (κ1) is 19.5. The van der Waals surface area contributed by atoms with Crippen molar-refractivity contribution < 1.29 is 14.3 Å². The van der Waals surface area contributed by atoms with E-state index >= 15 is 0 Å². The van der Waals surface area contributed by atoms with Crippen molar-refractivity contribution in [3.63, 3.8) is 0 Å². The van der Waals surface area contributed by atoms with Crippen LogP contribution in [0.5, 0.6) is 5.75 Å². The molecule has 0 spiro atoms. The third kappa shape index (κ3) is 5.62. The Kier molecular flexibility index (Phi) is 6.78. The quantitative estimate of drug-likeness (QED) is 0.830. The van der Waals surface area contributed by atoms with Gasteiger partial charge in [-0.2, -0.15) is 0 Å². The molecule has 0 heterocycles. The Bertz CT molecular complexity index is 787. The van der Waals surface area contributed by atoms with Crippen LogP contribution in [0.15, 0.2) is 42.5 Å². The maximum absolute atomic E-state index is 12.3. The van der Waals surface area contributed by atoms with E-state index in [0.717, 1.165) is 22.6 Å². The number of ether oxygens (including phenoxy) is 1. The Morgan fingerprint density at radius 2 is 1.85 bits per heavy atom. The van der Waals surface area contributed by atoms with Gasteiger partial charge in [-0.1, -0.05) is 18.2 Å². The van der Waals surface area contributed by atoms with E-state index in [1.807, 2.05) is 56.3 Å². The molecule has 0 bridgehead atoms. The average molecular weight is 354 g/mol. The number of hydrogen-bond acceptors (Lipinski definition) is 3. The molecule has 0 saturated heterocycles. The van der Waals surface area contributed by atoms with Gasteiger partial charge in [-0.15, -0.1) is 0 Å². The predicted octanol–water partition coefficient (Wildman–Crippen LogP) is 3.34. The summed E-state index contributed by atoms with van der Waals surface area (Å²) in [5.41, 5.74) is 4.09. The van der Waals surface area contributed by atoms with E-state index in [1.165, 1.54) is 12.5 Å². The molecule has 2 aromatic rings. The van der Waals surface area contributed by atoms with Crippen LogP contribution in [0, 0.1) is 13.8 Å². The number of nitrogens with one attached hydrogen (secondary N) is 1. The van der Waals surface area contributed by atoms with E-state index in [9.17, 15) is 9.59 Å². The lowest BCUT2D eigenvalue weighted by Gasteiger charge is -2.21. The number of anilines is 1. The van der Waals surface area contributed by atoms with Gasteiger partial charge in [0, 0.05) is 19.2 Å². The van der Waals surface area contributed by atoms with Gasteiger partial charge in [0.05, 0.1) is 13.7 Å². The van der Waals surface area contributed by atoms with Crippen molar-refractivity contribution in [3.05, 3.63) is 59.2 Å². The lowest BCUT2D eigenvalue weighted by atomic mass is 10.1. The standard InChI is InChI=1S/C21H26N2O3/c1-15-8-9-19(12-16(15)2)22-21(25)14-23(17(3)24)11-10-18-6-5-7-20(13-18)26-4/h5-9,12-13H,10-11,14H2,1-4H3,(H,22,25). The maximum atomic E-state index is 12.3. The summed E-state index contributed by atoms with van der Waals surface area (Å²) in [5.74, 6) is 0.460. The molecular formula is C21H26N2O3.